The first-order valence-electron chi connectivity index (χ1n) is 12.4. The van der Waals surface area contributed by atoms with Gasteiger partial charge in [0.2, 0.25) is 0 Å². The minimum absolute atomic E-state index is 0.144. The smallest absolute Gasteiger partial charge is 0.194 e. The zero-order valence-corrected chi connectivity index (χ0v) is 23.0. The largest absolute Gasteiger partial charge is 0.289 e. The minimum Gasteiger partial charge on any atom is -0.289 e. The Balaban J connectivity index is 1.78. The molecule has 0 aliphatic carbocycles. The maximum absolute atomic E-state index is 14.3. The lowest BCUT2D eigenvalue weighted by Crippen LogP contribution is -2.04. The second kappa shape index (κ2) is 7.96. The molecule has 0 bridgehead atoms. The summed E-state index contributed by atoms with van der Waals surface area (Å²) in [6.07, 6.45) is 0. The van der Waals surface area contributed by atoms with Crippen LogP contribution in [0.25, 0.3) is 73.1 Å². The van der Waals surface area contributed by atoms with Gasteiger partial charge in [-0.1, -0.05) is 120 Å². The quantitative estimate of drug-likeness (QED) is 0.185. The van der Waals surface area contributed by atoms with E-state index in [0.29, 0.717) is 0 Å². The van der Waals surface area contributed by atoms with E-state index < -0.39 is 0 Å². The van der Waals surface area contributed by atoms with E-state index >= 15 is 0 Å². The van der Waals surface area contributed by atoms with Crippen LogP contribution < -0.4 is 15.9 Å². The Morgan fingerprint density at radius 1 is 0.368 bits per heavy atom. The molecule has 9 rings (SSSR count). The summed E-state index contributed by atoms with van der Waals surface area (Å²) in [4.78, 5) is 14.3. The van der Waals surface area contributed by atoms with Crippen molar-refractivity contribution in [2.24, 2.45) is 0 Å². The van der Waals surface area contributed by atoms with E-state index in [2.05, 4.69) is 82.3 Å². The van der Waals surface area contributed by atoms with Crippen LogP contribution in [0.15, 0.2) is 99.2 Å². The molecule has 0 atom stereocenters. The van der Waals surface area contributed by atoms with Gasteiger partial charge >= 0.3 is 0 Å². The van der Waals surface area contributed by atoms with Crippen LogP contribution in [0, 0.1) is 0 Å². The van der Waals surface area contributed by atoms with E-state index in [0.717, 1.165) is 26.9 Å². The van der Waals surface area contributed by atoms with Crippen LogP contribution >= 0.6 is 47.0 Å². The van der Waals surface area contributed by atoms with Gasteiger partial charge < -0.3 is 0 Å². The maximum Gasteiger partial charge on any atom is 0.194 e. The van der Waals surface area contributed by atoms with Crippen molar-refractivity contribution >= 4 is 120 Å². The van der Waals surface area contributed by atoms with Crippen molar-refractivity contribution < 1.29 is 0 Å². The Morgan fingerprint density at radius 3 is 1.16 bits per heavy atom. The normalized spacial score (nSPS) is 15.8. The van der Waals surface area contributed by atoms with Crippen molar-refractivity contribution in [1.82, 2.24) is 0 Å². The van der Waals surface area contributed by atoms with E-state index in [1.807, 2.05) is 12.1 Å². The number of hydrogen-bond acceptors (Lipinski definition) is 5. The molecule has 2 heterocycles. The van der Waals surface area contributed by atoms with E-state index in [1.165, 1.54) is 56.6 Å². The van der Waals surface area contributed by atoms with Gasteiger partial charge in [-0.3, -0.25) is 4.79 Å². The molecule has 0 spiro atoms. The van der Waals surface area contributed by atoms with Crippen LogP contribution in [-0.4, -0.2) is 0 Å². The van der Waals surface area contributed by atoms with Crippen molar-refractivity contribution in [1.29, 1.82) is 0 Å². The van der Waals surface area contributed by atoms with Crippen molar-refractivity contribution in [3.8, 4) is 0 Å². The number of hydrogen-bond donors (Lipinski definition) is 0. The number of rotatable bonds is 0. The van der Waals surface area contributed by atoms with Gasteiger partial charge in [0.1, 0.15) is 0 Å². The SMILES string of the molecule is O=c1c2ccccc2c2c1c1c3ccccc3c(=C3SC=CS3)c1c1c3ccccc3c(=C3SC=CS3)c21. The van der Waals surface area contributed by atoms with Gasteiger partial charge in [-0.25, -0.2) is 0 Å². The third-order valence-corrected chi connectivity index (χ3v) is 12.1. The third-order valence-electron chi connectivity index (χ3n) is 7.82. The summed E-state index contributed by atoms with van der Waals surface area (Å²) in [5, 5.41) is 24.8. The lowest BCUT2D eigenvalue weighted by Gasteiger charge is -2.04. The average molecular weight is 557 g/mol. The molecule has 0 N–H and O–H groups in total. The fraction of sp³-hybridized carbons (Fsp3) is 0. The van der Waals surface area contributed by atoms with E-state index in [9.17, 15) is 4.79 Å². The summed E-state index contributed by atoms with van der Waals surface area (Å²) in [6, 6.07) is 25.7. The number of thioether (sulfide) groups is 4. The fourth-order valence-corrected chi connectivity index (χ4v) is 10.3. The molecule has 7 aromatic carbocycles. The molecule has 0 amide bonds. The summed E-state index contributed by atoms with van der Waals surface area (Å²) >= 11 is 7.15. The van der Waals surface area contributed by atoms with E-state index in [-0.39, 0.29) is 5.43 Å². The number of benzene rings is 4. The molecule has 1 nitrogen and oxygen atoms in total. The van der Waals surface area contributed by atoms with Crippen LogP contribution in [0.3, 0.4) is 0 Å². The van der Waals surface area contributed by atoms with Crippen molar-refractivity contribution in [2.75, 3.05) is 0 Å². The standard InChI is InChI=1S/C33H16OS4/c34-31-22-12-6-5-11-21(22)25-29-23(17-7-1-3-9-19(17)26(29)32-35-13-14-36-32)28-24(30(25)31)18-8-2-4-10-20(18)27(28)33-37-15-16-38-33/h1-16H. The molecule has 5 heteroatoms. The molecule has 0 unspecified atom stereocenters. The van der Waals surface area contributed by atoms with Gasteiger partial charge in [0.25, 0.3) is 0 Å². The minimum atomic E-state index is 0.144. The first-order chi connectivity index (χ1) is 18.8. The molecule has 38 heavy (non-hydrogen) atoms. The Morgan fingerprint density at radius 2 is 0.711 bits per heavy atom. The number of fused-ring (bicyclic) bond motifs is 12. The Labute approximate surface area is 234 Å². The van der Waals surface area contributed by atoms with Gasteiger partial charge in [0.15, 0.2) is 5.43 Å². The van der Waals surface area contributed by atoms with Gasteiger partial charge in [-0.2, -0.15) is 0 Å². The molecule has 0 fully saturated rings. The zero-order chi connectivity index (χ0) is 25.0. The lowest BCUT2D eigenvalue weighted by molar-refractivity contribution is 1.81. The molecule has 2 aliphatic heterocycles. The summed E-state index contributed by atoms with van der Waals surface area (Å²) in [6.45, 7) is 0. The maximum atomic E-state index is 14.3. The molecule has 0 saturated carbocycles. The molecule has 0 saturated heterocycles. The average Bonchev–Trinajstić information content (AvgIpc) is 3.77. The van der Waals surface area contributed by atoms with Crippen LogP contribution in [-0.2, 0) is 0 Å². The molecular weight excluding hydrogens is 541 g/mol. The second-order valence-corrected chi connectivity index (χ2v) is 13.7. The van der Waals surface area contributed by atoms with Gasteiger partial charge in [0.05, 0.1) is 8.47 Å². The summed E-state index contributed by atoms with van der Waals surface area (Å²) < 4.78 is 2.57. The van der Waals surface area contributed by atoms with E-state index in [1.54, 1.807) is 47.0 Å². The van der Waals surface area contributed by atoms with Gasteiger partial charge in [-0.15, -0.1) is 0 Å². The molecule has 178 valence electrons. The topological polar surface area (TPSA) is 17.1 Å². The second-order valence-electron chi connectivity index (χ2n) is 9.56. The molecule has 0 aromatic heterocycles. The first-order valence-corrected chi connectivity index (χ1v) is 15.9. The van der Waals surface area contributed by atoms with Crippen LogP contribution in [0.5, 0.6) is 0 Å². The molecule has 7 aromatic rings. The highest BCUT2D eigenvalue weighted by molar-refractivity contribution is 8.35. The van der Waals surface area contributed by atoms with E-state index in [4.69, 9.17) is 0 Å². The Hall–Kier alpha value is -3.09. The van der Waals surface area contributed by atoms with Crippen LogP contribution in [0.1, 0.15) is 0 Å². The summed E-state index contributed by atoms with van der Waals surface area (Å²) in [5.74, 6) is 0. The van der Waals surface area contributed by atoms with Gasteiger partial charge in [-0.05, 0) is 53.9 Å². The monoisotopic (exact) mass is 556 g/mol. The fourth-order valence-electron chi connectivity index (χ4n) is 6.50. The van der Waals surface area contributed by atoms with Crippen molar-refractivity contribution in [3.63, 3.8) is 0 Å². The highest BCUT2D eigenvalue weighted by Crippen LogP contribution is 2.47. The lowest BCUT2D eigenvalue weighted by atomic mass is 9.99. The molecular formula is C33H16OS4. The third kappa shape index (κ3) is 2.68. The van der Waals surface area contributed by atoms with Crippen LogP contribution in [0.2, 0.25) is 0 Å². The van der Waals surface area contributed by atoms with Gasteiger partial charge in [0, 0.05) is 42.8 Å². The van der Waals surface area contributed by atoms with Crippen molar-refractivity contribution in [3.05, 3.63) is 115 Å². The highest BCUT2D eigenvalue weighted by Gasteiger charge is 2.26. The van der Waals surface area contributed by atoms with Crippen LogP contribution in [0.4, 0.5) is 0 Å². The predicted molar refractivity (Wildman–Crippen MR) is 175 cm³/mol. The first kappa shape index (κ1) is 21.8. The molecule has 2 aliphatic rings. The Kier molecular flexibility index (Phi) is 4.57. The van der Waals surface area contributed by atoms with Crippen molar-refractivity contribution in [2.45, 2.75) is 0 Å². The Bertz CT molecular complexity index is 2340. The highest BCUT2D eigenvalue weighted by atomic mass is 32.2. The zero-order valence-electron chi connectivity index (χ0n) is 19.8. The predicted octanol–water partition coefficient (Wildman–Crippen LogP) is 8.88. The summed E-state index contributed by atoms with van der Waals surface area (Å²) in [7, 11) is 0. The summed E-state index contributed by atoms with van der Waals surface area (Å²) in [5.41, 5.74) is 0.144. The molecule has 0 radical (unpaired) electrons.